The van der Waals surface area contributed by atoms with Crippen LogP contribution in [-0.2, 0) is 4.79 Å². The van der Waals surface area contributed by atoms with Gasteiger partial charge in [-0.1, -0.05) is 32.0 Å². The number of H-pyrrole nitrogens is 1. The van der Waals surface area contributed by atoms with E-state index < -0.39 is 12.0 Å². The number of imidazole rings is 1. The van der Waals surface area contributed by atoms with Gasteiger partial charge in [0.2, 0.25) is 0 Å². The first kappa shape index (κ1) is 24.7. The first-order chi connectivity index (χ1) is 17.9. The molecule has 1 aliphatic rings. The standard InChI is InChI=1S/C27H31FN6O3/c1-3-17-9-6-7-14-34(17)27(36)33-25(32-26-30-19-11-4-5-13-22(19)37-26)21(35)15-16(2)24-29-20-12-8-10-18(28)23(20)31-24/h4-5,8,10-13,16-17,25H,3,6-7,9,14-15H2,1-2H3,(H,29,31)(H,30,32)(H,33,36)/t16-,17+,25+/m1/s1. The number of piperidine rings is 1. The molecule has 4 aromatic rings. The quantitative estimate of drug-likeness (QED) is 0.279. The molecule has 37 heavy (non-hydrogen) atoms. The fraction of sp³-hybridized carbons (Fsp3) is 0.407. The van der Waals surface area contributed by atoms with Crippen molar-refractivity contribution in [3.8, 4) is 0 Å². The minimum atomic E-state index is -1.07. The number of amides is 2. The number of carbonyl (C=O) groups excluding carboxylic acids is 2. The number of urea groups is 1. The fourth-order valence-corrected chi connectivity index (χ4v) is 4.92. The number of anilines is 1. The predicted molar refractivity (Wildman–Crippen MR) is 139 cm³/mol. The number of nitrogens with one attached hydrogen (secondary N) is 3. The van der Waals surface area contributed by atoms with E-state index in [1.165, 1.54) is 6.07 Å². The second-order valence-corrected chi connectivity index (χ2v) is 9.59. The van der Waals surface area contributed by atoms with E-state index in [4.69, 9.17) is 4.42 Å². The molecule has 1 fully saturated rings. The molecule has 0 aliphatic carbocycles. The third-order valence-corrected chi connectivity index (χ3v) is 6.97. The lowest BCUT2D eigenvalue weighted by atomic mass is 10.0. The Bertz CT molecular complexity index is 1380. The predicted octanol–water partition coefficient (Wildman–Crippen LogP) is 5.32. The zero-order chi connectivity index (χ0) is 25.9. The number of fused-ring (bicyclic) bond motifs is 2. The summed E-state index contributed by atoms with van der Waals surface area (Å²) in [6, 6.07) is 11.9. The number of ketones is 1. The largest absolute Gasteiger partial charge is 0.424 e. The van der Waals surface area contributed by atoms with Crippen LogP contribution in [0.1, 0.15) is 57.7 Å². The highest BCUT2D eigenvalue weighted by Gasteiger charge is 2.31. The second-order valence-electron chi connectivity index (χ2n) is 9.59. The van der Waals surface area contributed by atoms with Crippen LogP contribution in [-0.4, -0.2) is 50.4 Å². The average molecular weight is 507 g/mol. The van der Waals surface area contributed by atoms with Crippen LogP contribution in [0.25, 0.3) is 22.1 Å². The third kappa shape index (κ3) is 5.28. The summed E-state index contributed by atoms with van der Waals surface area (Å²) >= 11 is 0. The maximum absolute atomic E-state index is 14.1. The van der Waals surface area contributed by atoms with Crippen LogP contribution in [0.4, 0.5) is 15.2 Å². The number of para-hydroxylation sites is 3. The molecule has 1 saturated heterocycles. The topological polar surface area (TPSA) is 116 Å². The Morgan fingerprint density at radius 2 is 2.03 bits per heavy atom. The van der Waals surface area contributed by atoms with Gasteiger partial charge in [-0.25, -0.2) is 14.2 Å². The van der Waals surface area contributed by atoms with Crippen molar-refractivity contribution in [2.75, 3.05) is 11.9 Å². The third-order valence-electron chi connectivity index (χ3n) is 6.97. The van der Waals surface area contributed by atoms with Gasteiger partial charge < -0.3 is 24.9 Å². The monoisotopic (exact) mass is 506 g/mol. The number of benzene rings is 2. The first-order valence-electron chi connectivity index (χ1n) is 12.8. The van der Waals surface area contributed by atoms with Crippen molar-refractivity contribution in [2.45, 2.75) is 64.1 Å². The van der Waals surface area contributed by atoms with Crippen molar-refractivity contribution in [3.05, 3.63) is 54.1 Å². The lowest BCUT2D eigenvalue weighted by molar-refractivity contribution is -0.120. The number of carbonyl (C=O) groups is 2. The Labute approximate surface area is 213 Å². The molecule has 10 heteroatoms. The van der Waals surface area contributed by atoms with Gasteiger partial charge in [0, 0.05) is 24.9 Å². The number of hydrogen-bond acceptors (Lipinski definition) is 6. The molecule has 3 N–H and O–H groups in total. The maximum Gasteiger partial charge on any atom is 0.319 e. The SMILES string of the molecule is CC[C@H]1CCCCN1C(=O)N[C@H](Nc1nc2ccccc2o1)C(=O)C[C@@H](C)c1nc2c(F)cccc2[nH]1. The number of likely N-dealkylation sites (tertiary alicyclic amines) is 1. The van der Waals surface area contributed by atoms with Crippen LogP contribution >= 0.6 is 0 Å². The fourth-order valence-electron chi connectivity index (χ4n) is 4.92. The van der Waals surface area contributed by atoms with Crippen molar-refractivity contribution in [2.24, 2.45) is 0 Å². The Morgan fingerprint density at radius 1 is 1.19 bits per heavy atom. The zero-order valence-electron chi connectivity index (χ0n) is 21.0. The van der Waals surface area contributed by atoms with Gasteiger partial charge in [-0.05, 0) is 49.9 Å². The molecule has 0 spiro atoms. The van der Waals surface area contributed by atoms with Gasteiger partial charge >= 0.3 is 6.03 Å². The molecule has 5 rings (SSSR count). The van der Waals surface area contributed by atoms with E-state index in [1.54, 1.807) is 18.2 Å². The Morgan fingerprint density at radius 3 is 2.81 bits per heavy atom. The number of aromatic nitrogens is 3. The average Bonchev–Trinajstić information content (AvgIpc) is 3.53. The number of rotatable bonds is 8. The Kier molecular flexibility index (Phi) is 7.07. The van der Waals surface area contributed by atoms with Crippen LogP contribution in [0.2, 0.25) is 0 Å². The van der Waals surface area contributed by atoms with Gasteiger partial charge in [-0.15, -0.1) is 0 Å². The maximum atomic E-state index is 14.1. The molecule has 0 saturated carbocycles. The summed E-state index contributed by atoms with van der Waals surface area (Å²) in [4.78, 5) is 40.5. The van der Waals surface area contributed by atoms with Gasteiger partial charge in [-0.2, -0.15) is 4.98 Å². The summed E-state index contributed by atoms with van der Waals surface area (Å²) in [6.45, 7) is 4.55. The number of oxazole rings is 1. The number of halogens is 1. The van der Waals surface area contributed by atoms with Crippen LogP contribution in [0, 0.1) is 5.82 Å². The van der Waals surface area contributed by atoms with Crippen molar-refractivity contribution in [1.29, 1.82) is 0 Å². The summed E-state index contributed by atoms with van der Waals surface area (Å²) in [5, 5.41) is 5.86. The number of Topliss-reactive ketones (excluding diaryl/α,β-unsaturated/α-hetero) is 1. The molecule has 0 bridgehead atoms. The van der Waals surface area contributed by atoms with Gasteiger partial charge in [0.15, 0.2) is 23.3 Å². The number of nitrogens with zero attached hydrogens (tertiary/aromatic N) is 3. The highest BCUT2D eigenvalue weighted by atomic mass is 19.1. The molecule has 194 valence electrons. The van der Waals surface area contributed by atoms with E-state index in [0.717, 1.165) is 25.7 Å². The smallest absolute Gasteiger partial charge is 0.319 e. The normalized spacial score (nSPS) is 17.6. The van der Waals surface area contributed by atoms with Gasteiger partial charge in [0.05, 0.1) is 5.52 Å². The second kappa shape index (κ2) is 10.6. The van der Waals surface area contributed by atoms with Crippen LogP contribution < -0.4 is 10.6 Å². The molecule has 2 aromatic heterocycles. The molecule has 2 amide bonds. The summed E-state index contributed by atoms with van der Waals surface area (Å²) < 4.78 is 19.9. The van der Waals surface area contributed by atoms with Gasteiger partial charge in [0.25, 0.3) is 6.01 Å². The summed E-state index contributed by atoms with van der Waals surface area (Å²) in [5.74, 6) is -0.535. The van der Waals surface area contributed by atoms with Crippen LogP contribution in [0.5, 0.6) is 0 Å². The van der Waals surface area contributed by atoms with E-state index in [9.17, 15) is 14.0 Å². The highest BCUT2D eigenvalue weighted by Crippen LogP contribution is 2.24. The summed E-state index contributed by atoms with van der Waals surface area (Å²) in [5.41, 5.74) is 2.02. The van der Waals surface area contributed by atoms with Crippen molar-refractivity contribution >= 4 is 40.0 Å². The van der Waals surface area contributed by atoms with Crippen molar-refractivity contribution in [3.63, 3.8) is 0 Å². The number of aromatic amines is 1. The van der Waals surface area contributed by atoms with E-state index in [0.29, 0.717) is 29.0 Å². The van der Waals surface area contributed by atoms with Crippen LogP contribution in [0.15, 0.2) is 46.9 Å². The Hall–Kier alpha value is -3.95. The molecular weight excluding hydrogens is 475 g/mol. The van der Waals surface area contributed by atoms with Crippen molar-refractivity contribution in [1.82, 2.24) is 25.2 Å². The summed E-state index contributed by atoms with van der Waals surface area (Å²) in [7, 11) is 0. The number of hydrogen-bond donors (Lipinski definition) is 3. The van der Waals surface area contributed by atoms with Crippen molar-refractivity contribution < 1.29 is 18.4 Å². The molecule has 3 heterocycles. The molecular formula is C27H31FN6O3. The van der Waals surface area contributed by atoms with Gasteiger partial charge in [0.1, 0.15) is 16.9 Å². The molecule has 0 unspecified atom stereocenters. The molecule has 9 nitrogen and oxygen atoms in total. The van der Waals surface area contributed by atoms with Gasteiger partial charge in [-0.3, -0.25) is 4.79 Å². The lowest BCUT2D eigenvalue weighted by Crippen LogP contribution is -2.55. The minimum Gasteiger partial charge on any atom is -0.424 e. The minimum absolute atomic E-state index is 0.0524. The van der Waals surface area contributed by atoms with E-state index >= 15 is 0 Å². The molecule has 3 atom stereocenters. The zero-order valence-corrected chi connectivity index (χ0v) is 21.0. The Balaban J connectivity index is 1.36. The lowest BCUT2D eigenvalue weighted by Gasteiger charge is -2.36. The molecule has 1 aliphatic heterocycles. The summed E-state index contributed by atoms with van der Waals surface area (Å²) in [6.07, 6.45) is 2.80. The molecule has 0 radical (unpaired) electrons. The first-order valence-corrected chi connectivity index (χ1v) is 12.8. The van der Waals surface area contributed by atoms with E-state index in [2.05, 4.69) is 32.5 Å². The highest BCUT2D eigenvalue weighted by molar-refractivity contribution is 5.91. The van der Waals surface area contributed by atoms with E-state index in [-0.39, 0.29) is 41.7 Å². The van der Waals surface area contributed by atoms with E-state index in [1.807, 2.05) is 30.0 Å². The van der Waals surface area contributed by atoms with Crippen LogP contribution in [0.3, 0.4) is 0 Å². The molecule has 2 aromatic carbocycles.